The van der Waals surface area contributed by atoms with E-state index >= 15 is 0 Å². The van der Waals surface area contributed by atoms with Gasteiger partial charge in [-0.25, -0.2) is 9.97 Å². The van der Waals surface area contributed by atoms with Crippen LogP contribution in [0.5, 0.6) is 5.88 Å². The predicted molar refractivity (Wildman–Crippen MR) is 128 cm³/mol. The summed E-state index contributed by atoms with van der Waals surface area (Å²) in [4.78, 5) is 12.6. The molecule has 0 saturated heterocycles. The van der Waals surface area contributed by atoms with Gasteiger partial charge >= 0.3 is 0 Å². The van der Waals surface area contributed by atoms with E-state index in [1.807, 2.05) is 13.1 Å². The van der Waals surface area contributed by atoms with Crippen molar-refractivity contribution >= 4 is 75.4 Å². The van der Waals surface area contributed by atoms with Crippen molar-refractivity contribution in [1.29, 1.82) is 0 Å². The first kappa shape index (κ1) is 24.4. The van der Waals surface area contributed by atoms with Crippen LogP contribution >= 0.6 is 34.8 Å². The van der Waals surface area contributed by atoms with Gasteiger partial charge in [0.05, 0.1) is 39.1 Å². The van der Waals surface area contributed by atoms with E-state index in [4.69, 9.17) is 44.5 Å². The van der Waals surface area contributed by atoms with Crippen molar-refractivity contribution in [3.8, 4) is 28.7 Å². The van der Waals surface area contributed by atoms with Gasteiger partial charge in [0.25, 0.3) is 0 Å². The van der Waals surface area contributed by atoms with Gasteiger partial charge < -0.3 is 9.72 Å². The molecule has 1 radical (unpaired) electrons. The number of nitrogens with one attached hydrogen (secondary N) is 1. The van der Waals surface area contributed by atoms with Crippen molar-refractivity contribution in [2.75, 3.05) is 7.11 Å². The van der Waals surface area contributed by atoms with Crippen molar-refractivity contribution in [2.45, 2.75) is 26.2 Å². The number of halogens is 3. The van der Waals surface area contributed by atoms with E-state index in [1.54, 1.807) is 30.0 Å². The molecule has 0 amide bonds. The summed E-state index contributed by atoms with van der Waals surface area (Å²) in [6, 6.07) is 7.13. The van der Waals surface area contributed by atoms with E-state index in [-0.39, 0.29) is 35.0 Å². The monoisotopic (exact) mass is 486 g/mol. The molecule has 0 aliphatic rings. The third kappa shape index (κ3) is 4.34. The molecule has 1 aromatic carbocycles. The van der Waals surface area contributed by atoms with Gasteiger partial charge in [-0.3, -0.25) is 4.68 Å². The fourth-order valence-electron chi connectivity index (χ4n) is 3.35. The number of ether oxygens (including phenoxy) is 1. The molecule has 6 nitrogen and oxygen atoms in total. The van der Waals surface area contributed by atoms with Crippen LogP contribution in [0.1, 0.15) is 26.5 Å². The van der Waals surface area contributed by atoms with Gasteiger partial charge in [-0.05, 0) is 18.2 Å². The van der Waals surface area contributed by atoms with Crippen LogP contribution in [0.3, 0.4) is 0 Å². The number of hydrogen-bond acceptors (Lipinski definition) is 4. The minimum absolute atomic E-state index is 0. The number of benzene rings is 1. The van der Waals surface area contributed by atoms with Gasteiger partial charge in [0.2, 0.25) is 5.88 Å². The maximum atomic E-state index is 6.69. The molecule has 0 saturated carbocycles. The molecule has 0 bridgehead atoms. The Morgan fingerprint density at radius 2 is 1.71 bits per heavy atom. The Morgan fingerprint density at radius 3 is 2.26 bits per heavy atom. The molecule has 157 valence electrons. The average Bonchev–Trinajstić information content (AvgIpc) is 3.20. The maximum absolute atomic E-state index is 6.69. The van der Waals surface area contributed by atoms with Gasteiger partial charge in [0.1, 0.15) is 11.2 Å². The Hall–Kier alpha value is -1.28. The molecule has 10 heteroatoms. The molecule has 4 rings (SSSR count). The van der Waals surface area contributed by atoms with Gasteiger partial charge in [-0.1, -0.05) is 61.6 Å². The zero-order valence-electron chi connectivity index (χ0n) is 18.1. The van der Waals surface area contributed by atoms with Crippen LogP contribution in [-0.4, -0.2) is 61.4 Å². The first-order chi connectivity index (χ1) is 14.1. The van der Waals surface area contributed by atoms with E-state index < -0.39 is 0 Å². The molecule has 31 heavy (non-hydrogen) atoms. The smallest absolute Gasteiger partial charge is 0.240 e. The van der Waals surface area contributed by atoms with Gasteiger partial charge in [0.15, 0.2) is 5.82 Å². The minimum Gasteiger partial charge on any atom is -0.479 e. The first-order valence-corrected chi connectivity index (χ1v) is 10.4. The summed E-state index contributed by atoms with van der Waals surface area (Å²) in [5.74, 6) is 0.953. The van der Waals surface area contributed by atoms with Crippen molar-refractivity contribution in [3.63, 3.8) is 0 Å². The minimum atomic E-state index is -0.202. The molecule has 3 heterocycles. The Balaban J connectivity index is 0.00000272. The SMILES string of the molecule is COc1nc(-c2c(Cl)cccc2Cl)cc2nc(-c3c(Cl)c(C(C)(C)C)nn3C)[nH]c12.[Na]. The number of aryl methyl sites for hydroxylation is 1. The van der Waals surface area contributed by atoms with E-state index in [1.165, 1.54) is 0 Å². The van der Waals surface area contributed by atoms with Crippen LogP contribution in [0.4, 0.5) is 0 Å². The topological polar surface area (TPSA) is 68.6 Å². The van der Waals surface area contributed by atoms with Crippen LogP contribution in [0, 0.1) is 0 Å². The number of imidazole rings is 1. The second-order valence-electron chi connectivity index (χ2n) is 7.98. The summed E-state index contributed by atoms with van der Waals surface area (Å²) >= 11 is 19.4. The van der Waals surface area contributed by atoms with Crippen molar-refractivity contribution in [1.82, 2.24) is 24.7 Å². The van der Waals surface area contributed by atoms with Crippen LogP contribution in [0.2, 0.25) is 15.1 Å². The zero-order valence-corrected chi connectivity index (χ0v) is 22.4. The fraction of sp³-hybridized carbons (Fsp3) is 0.286. The summed E-state index contributed by atoms with van der Waals surface area (Å²) in [6.45, 7) is 6.20. The summed E-state index contributed by atoms with van der Waals surface area (Å²) in [6.07, 6.45) is 0. The standard InChI is InChI=1S/C21H20Cl3N5O.Na/c1-21(2,3)18-15(24)17(29(4)28-18)19-25-13-9-12(26-20(30-5)16(13)27-19)14-10(22)7-6-8-11(14)23;/h6-9H,1-5H3,(H,25,27);. The van der Waals surface area contributed by atoms with E-state index in [0.717, 1.165) is 5.69 Å². The van der Waals surface area contributed by atoms with Gasteiger partial charge in [-0.2, -0.15) is 5.10 Å². The second kappa shape index (κ2) is 8.93. The van der Waals surface area contributed by atoms with E-state index in [9.17, 15) is 0 Å². The molecule has 3 aromatic heterocycles. The molecule has 1 N–H and O–H groups in total. The first-order valence-electron chi connectivity index (χ1n) is 9.24. The largest absolute Gasteiger partial charge is 0.479 e. The Morgan fingerprint density at radius 1 is 1.06 bits per heavy atom. The Bertz CT molecular complexity index is 1260. The van der Waals surface area contributed by atoms with Crippen LogP contribution < -0.4 is 4.74 Å². The Kier molecular flexibility index (Phi) is 7.02. The van der Waals surface area contributed by atoms with E-state index in [0.29, 0.717) is 54.8 Å². The maximum Gasteiger partial charge on any atom is 0.240 e. The van der Waals surface area contributed by atoms with Crippen LogP contribution in [0.25, 0.3) is 33.8 Å². The number of methoxy groups -OCH3 is 1. The number of pyridine rings is 1. The number of fused-ring (bicyclic) bond motifs is 1. The van der Waals surface area contributed by atoms with Crippen molar-refractivity contribution in [2.24, 2.45) is 7.05 Å². The molecular weight excluding hydrogens is 468 g/mol. The number of H-pyrrole nitrogens is 1. The summed E-state index contributed by atoms with van der Waals surface area (Å²) in [7, 11) is 3.39. The summed E-state index contributed by atoms with van der Waals surface area (Å²) in [5.41, 5.74) is 3.78. The average molecular weight is 488 g/mol. The third-order valence-electron chi connectivity index (χ3n) is 4.78. The summed E-state index contributed by atoms with van der Waals surface area (Å²) < 4.78 is 7.24. The van der Waals surface area contributed by atoms with Crippen LogP contribution in [-0.2, 0) is 12.5 Å². The Labute approximate surface area is 217 Å². The van der Waals surface area contributed by atoms with Gasteiger partial charge in [0, 0.05) is 47.6 Å². The number of aromatic nitrogens is 5. The molecule has 4 aromatic rings. The fourth-order valence-corrected chi connectivity index (χ4v) is 4.47. The number of aromatic amines is 1. The number of nitrogens with zero attached hydrogens (tertiary/aromatic N) is 4. The zero-order chi connectivity index (χ0) is 21.8. The molecule has 0 aliphatic carbocycles. The second-order valence-corrected chi connectivity index (χ2v) is 9.17. The quantitative estimate of drug-likeness (QED) is 0.365. The molecular formula is C21H20Cl3N5NaO. The van der Waals surface area contributed by atoms with Crippen LogP contribution in [0.15, 0.2) is 24.3 Å². The molecule has 0 atom stereocenters. The number of rotatable bonds is 3. The van der Waals surface area contributed by atoms with Crippen molar-refractivity contribution in [3.05, 3.63) is 45.0 Å². The molecule has 0 unspecified atom stereocenters. The third-order valence-corrected chi connectivity index (χ3v) is 5.77. The van der Waals surface area contributed by atoms with Gasteiger partial charge in [-0.15, -0.1) is 0 Å². The summed E-state index contributed by atoms with van der Waals surface area (Å²) in [5, 5.41) is 6.16. The van der Waals surface area contributed by atoms with E-state index in [2.05, 4.69) is 35.8 Å². The molecule has 0 spiro atoms. The van der Waals surface area contributed by atoms with Crippen molar-refractivity contribution < 1.29 is 4.74 Å². The molecule has 0 aliphatic heterocycles. The molecule has 0 fully saturated rings. The number of hydrogen-bond donors (Lipinski definition) is 1. The predicted octanol–water partition coefficient (Wildman–Crippen LogP) is 5.91. The normalized spacial score (nSPS) is 11.6.